The Labute approximate surface area is 194 Å². The summed E-state index contributed by atoms with van der Waals surface area (Å²) in [5.74, 6) is -7.97. The van der Waals surface area contributed by atoms with E-state index in [1.807, 2.05) is 0 Å². The number of phenolic OH excluding ortho intramolecular Hbond substituents is 1. The number of carbonyl (C=O) groups excluding carboxylic acids is 4. The maximum atomic E-state index is 13.7. The molecule has 34 heavy (non-hydrogen) atoms. The van der Waals surface area contributed by atoms with Crippen LogP contribution in [0.5, 0.6) is 5.75 Å². The van der Waals surface area contributed by atoms with Crippen LogP contribution in [0.15, 0.2) is 23.0 Å². The number of nitrogens with two attached hydrogens (primary N) is 2. The number of primary amides is 1. The Bertz CT molecular complexity index is 1260. The monoisotopic (exact) mass is 471 g/mol. The zero-order valence-electron chi connectivity index (χ0n) is 18.7. The standard InChI is InChI=1S/C23H25N3O8/c1-7(27)9-6-12(24)17(28)14-10(9)4-8-5-11-16(26(2)3)19(30)15(22(25)33)21(32)23(11,34)20(31)13(8)18(14)29/h6,8,11,16,28-29,32,34H,4-5,24H2,1-3H3,(H2,25,33)/t8-,11-,16+,23-/m1/s1. The van der Waals surface area contributed by atoms with Crippen LogP contribution in [-0.2, 0) is 20.8 Å². The Morgan fingerprint density at radius 2 is 1.79 bits per heavy atom. The molecule has 4 atom stereocenters. The molecule has 4 rings (SSSR count). The lowest BCUT2D eigenvalue weighted by atomic mass is 9.57. The lowest BCUT2D eigenvalue weighted by Crippen LogP contribution is -2.65. The quantitative estimate of drug-likeness (QED) is 0.147. The van der Waals surface area contributed by atoms with Crippen molar-refractivity contribution >= 4 is 34.7 Å². The molecule has 0 aromatic heterocycles. The lowest BCUT2D eigenvalue weighted by molar-refractivity contribution is -0.153. The van der Waals surface area contributed by atoms with E-state index in [1.54, 1.807) is 0 Å². The van der Waals surface area contributed by atoms with Gasteiger partial charge in [0.05, 0.1) is 17.3 Å². The minimum Gasteiger partial charge on any atom is -0.508 e. The molecule has 1 amide bonds. The lowest BCUT2D eigenvalue weighted by Gasteiger charge is -2.50. The van der Waals surface area contributed by atoms with Gasteiger partial charge in [-0.15, -0.1) is 0 Å². The largest absolute Gasteiger partial charge is 0.508 e. The number of phenols is 1. The number of fused-ring (bicyclic) bond motifs is 3. The number of amides is 1. The highest BCUT2D eigenvalue weighted by Crippen LogP contribution is 2.53. The van der Waals surface area contributed by atoms with E-state index in [4.69, 9.17) is 11.5 Å². The smallest absolute Gasteiger partial charge is 0.255 e. The number of hydrogen-bond donors (Lipinski definition) is 6. The summed E-state index contributed by atoms with van der Waals surface area (Å²) < 4.78 is 0. The van der Waals surface area contributed by atoms with E-state index in [1.165, 1.54) is 32.0 Å². The molecule has 0 unspecified atom stereocenters. The van der Waals surface area contributed by atoms with Crippen molar-refractivity contribution in [3.8, 4) is 5.75 Å². The molecule has 180 valence electrons. The molecule has 1 fully saturated rings. The second-order valence-corrected chi connectivity index (χ2v) is 9.23. The fourth-order valence-electron chi connectivity index (χ4n) is 5.65. The Kier molecular flexibility index (Phi) is 5.11. The van der Waals surface area contributed by atoms with Gasteiger partial charge in [-0.1, -0.05) is 0 Å². The second-order valence-electron chi connectivity index (χ2n) is 9.23. The molecule has 0 spiro atoms. The SMILES string of the molecule is CC(=O)c1cc(N)c(O)c2c1C[C@@H]1C[C@@H]3[C@H](N(C)C)C(=O)C(C(N)=O)=C(O)[C@]3(O)C(=O)C1=C2O. The minimum absolute atomic E-state index is 0.0251. The fraction of sp³-hybridized carbons (Fsp3) is 0.391. The number of aliphatic hydroxyl groups is 3. The summed E-state index contributed by atoms with van der Waals surface area (Å²) in [5.41, 5.74) is 7.23. The highest BCUT2D eigenvalue weighted by atomic mass is 16.3. The first kappa shape index (κ1) is 23.5. The highest BCUT2D eigenvalue weighted by Gasteiger charge is 2.64. The molecule has 0 heterocycles. The van der Waals surface area contributed by atoms with Gasteiger partial charge in [-0.25, -0.2) is 0 Å². The Hall–Kier alpha value is -3.70. The van der Waals surface area contributed by atoms with Crippen molar-refractivity contribution in [2.24, 2.45) is 17.6 Å². The summed E-state index contributed by atoms with van der Waals surface area (Å²) >= 11 is 0. The maximum Gasteiger partial charge on any atom is 0.255 e. The van der Waals surface area contributed by atoms with Crippen LogP contribution in [0.1, 0.15) is 34.8 Å². The number of benzene rings is 1. The molecule has 3 aliphatic rings. The number of rotatable bonds is 3. The van der Waals surface area contributed by atoms with Crippen molar-refractivity contribution < 1.29 is 39.6 Å². The van der Waals surface area contributed by atoms with Crippen LogP contribution >= 0.6 is 0 Å². The summed E-state index contributed by atoms with van der Waals surface area (Å²) in [7, 11) is 3.03. The van der Waals surface area contributed by atoms with Crippen molar-refractivity contribution in [2.75, 3.05) is 19.8 Å². The van der Waals surface area contributed by atoms with Crippen molar-refractivity contribution in [1.82, 2.24) is 4.90 Å². The van der Waals surface area contributed by atoms with E-state index < -0.39 is 63.8 Å². The Balaban J connectivity index is 2.02. The number of nitrogens with zero attached hydrogens (tertiary/aromatic N) is 1. The van der Waals surface area contributed by atoms with Gasteiger partial charge in [0, 0.05) is 17.1 Å². The zero-order valence-corrected chi connectivity index (χ0v) is 18.7. The van der Waals surface area contributed by atoms with E-state index in [-0.39, 0.29) is 46.6 Å². The van der Waals surface area contributed by atoms with Gasteiger partial charge in [0.25, 0.3) is 5.91 Å². The number of Topliss-reactive ketones (excluding diaryl/α,β-unsaturated/α-hetero) is 3. The molecule has 0 aliphatic heterocycles. The molecule has 1 aromatic carbocycles. The molecule has 1 saturated carbocycles. The maximum absolute atomic E-state index is 13.7. The molecule has 0 bridgehead atoms. The van der Waals surface area contributed by atoms with E-state index >= 15 is 0 Å². The normalized spacial score (nSPS) is 28.6. The van der Waals surface area contributed by atoms with E-state index in [0.717, 1.165) is 0 Å². The number of ketones is 3. The number of hydrogen-bond acceptors (Lipinski definition) is 10. The summed E-state index contributed by atoms with van der Waals surface area (Å²) in [4.78, 5) is 52.3. The summed E-state index contributed by atoms with van der Waals surface area (Å²) in [6.07, 6.45) is -0.0362. The van der Waals surface area contributed by atoms with Gasteiger partial charge in [0.15, 0.2) is 17.2 Å². The van der Waals surface area contributed by atoms with Crippen LogP contribution in [0.3, 0.4) is 0 Å². The van der Waals surface area contributed by atoms with Crippen LogP contribution in [0, 0.1) is 11.8 Å². The zero-order chi connectivity index (χ0) is 25.4. The minimum atomic E-state index is -2.72. The van der Waals surface area contributed by atoms with Crippen molar-refractivity contribution in [1.29, 1.82) is 0 Å². The average Bonchev–Trinajstić information content (AvgIpc) is 2.72. The van der Waals surface area contributed by atoms with Gasteiger partial charge < -0.3 is 31.9 Å². The molecule has 11 heteroatoms. The summed E-state index contributed by atoms with van der Waals surface area (Å²) in [6, 6.07) is 0.112. The summed E-state index contributed by atoms with van der Waals surface area (Å²) in [6.45, 7) is 1.29. The molecule has 11 nitrogen and oxygen atoms in total. The predicted molar refractivity (Wildman–Crippen MR) is 119 cm³/mol. The van der Waals surface area contributed by atoms with Crippen LogP contribution in [0.4, 0.5) is 5.69 Å². The average molecular weight is 471 g/mol. The van der Waals surface area contributed by atoms with Gasteiger partial charge in [0.2, 0.25) is 5.78 Å². The molecule has 0 saturated heterocycles. The van der Waals surface area contributed by atoms with Gasteiger partial charge in [-0.05, 0) is 51.4 Å². The number of aliphatic hydroxyl groups excluding tert-OH is 2. The first-order chi connectivity index (χ1) is 15.7. The molecule has 1 aromatic rings. The number of anilines is 1. The number of nitrogen functional groups attached to an aromatic ring is 1. The molecule has 8 N–H and O–H groups in total. The van der Waals surface area contributed by atoms with Gasteiger partial charge in [-0.3, -0.25) is 24.1 Å². The Morgan fingerprint density at radius 3 is 2.32 bits per heavy atom. The molecular formula is C23H25N3O8. The molecule has 3 aliphatic carbocycles. The predicted octanol–water partition coefficient (Wildman–Crippen LogP) is -0.251. The van der Waals surface area contributed by atoms with Crippen LogP contribution < -0.4 is 11.5 Å². The third-order valence-corrected chi connectivity index (χ3v) is 7.13. The second kappa shape index (κ2) is 7.40. The topological polar surface area (TPSA) is 204 Å². The molecule has 0 radical (unpaired) electrons. The van der Waals surface area contributed by atoms with E-state index in [9.17, 15) is 39.6 Å². The van der Waals surface area contributed by atoms with Crippen molar-refractivity contribution in [3.63, 3.8) is 0 Å². The summed E-state index contributed by atoms with van der Waals surface area (Å²) in [5, 5.41) is 43.9. The highest BCUT2D eigenvalue weighted by molar-refractivity contribution is 6.24. The van der Waals surface area contributed by atoms with Crippen molar-refractivity contribution in [2.45, 2.75) is 31.4 Å². The number of likely N-dealkylation sites (N-methyl/N-ethyl adjacent to an activating group) is 1. The molecular weight excluding hydrogens is 446 g/mol. The Morgan fingerprint density at radius 1 is 1.18 bits per heavy atom. The van der Waals surface area contributed by atoms with Crippen LogP contribution in [0.2, 0.25) is 0 Å². The first-order valence-corrected chi connectivity index (χ1v) is 10.5. The van der Waals surface area contributed by atoms with Crippen LogP contribution in [-0.4, -0.2) is 74.3 Å². The number of aromatic hydroxyl groups is 1. The van der Waals surface area contributed by atoms with E-state index in [2.05, 4.69) is 0 Å². The van der Waals surface area contributed by atoms with Crippen molar-refractivity contribution in [3.05, 3.63) is 39.7 Å². The fourth-order valence-corrected chi connectivity index (χ4v) is 5.65. The van der Waals surface area contributed by atoms with Gasteiger partial charge >= 0.3 is 0 Å². The number of carbonyl (C=O) groups is 4. The van der Waals surface area contributed by atoms with Gasteiger partial charge in [0.1, 0.15) is 22.8 Å². The third-order valence-electron chi connectivity index (χ3n) is 7.13. The van der Waals surface area contributed by atoms with Gasteiger partial charge in [-0.2, -0.15) is 0 Å². The first-order valence-electron chi connectivity index (χ1n) is 10.5. The van der Waals surface area contributed by atoms with Crippen LogP contribution in [0.25, 0.3) is 5.76 Å². The van der Waals surface area contributed by atoms with E-state index in [0.29, 0.717) is 0 Å². The third kappa shape index (κ3) is 2.83.